The van der Waals surface area contributed by atoms with Crippen LogP contribution in [0, 0.1) is 5.92 Å². The number of benzene rings is 1. The fourth-order valence-corrected chi connectivity index (χ4v) is 1.74. The largest absolute Gasteiger partial charge is 0.484 e. The van der Waals surface area contributed by atoms with Gasteiger partial charge in [-0.15, -0.1) is 0 Å². The Balaban J connectivity index is 2.56. The van der Waals surface area contributed by atoms with E-state index in [1.165, 1.54) is 0 Å². The lowest BCUT2D eigenvalue weighted by atomic mass is 10.0. The highest BCUT2D eigenvalue weighted by Crippen LogP contribution is 2.17. The molecule has 2 amide bonds. The van der Waals surface area contributed by atoms with E-state index < -0.39 is 5.91 Å². The second-order valence-electron chi connectivity index (χ2n) is 4.49. The molecule has 0 heterocycles. The molecular formula is C14H21N3O3. The first-order valence-electron chi connectivity index (χ1n) is 6.59. The van der Waals surface area contributed by atoms with E-state index in [1.54, 1.807) is 24.3 Å². The van der Waals surface area contributed by atoms with Gasteiger partial charge in [0.05, 0.1) is 5.92 Å². The SMILES string of the molecule is CCCC(CN)C(=O)Nc1ccc(OCC(N)=O)cc1. The minimum absolute atomic E-state index is 0.0832. The summed E-state index contributed by atoms with van der Waals surface area (Å²) >= 11 is 0. The van der Waals surface area contributed by atoms with Crippen molar-refractivity contribution in [2.75, 3.05) is 18.5 Å². The van der Waals surface area contributed by atoms with Crippen molar-refractivity contribution in [3.05, 3.63) is 24.3 Å². The lowest BCUT2D eigenvalue weighted by Crippen LogP contribution is -2.29. The van der Waals surface area contributed by atoms with E-state index in [0.29, 0.717) is 18.0 Å². The van der Waals surface area contributed by atoms with Crippen molar-refractivity contribution in [1.82, 2.24) is 0 Å². The number of carbonyl (C=O) groups is 2. The number of anilines is 1. The number of rotatable bonds is 8. The first-order valence-corrected chi connectivity index (χ1v) is 6.59. The van der Waals surface area contributed by atoms with Crippen molar-refractivity contribution in [2.45, 2.75) is 19.8 Å². The van der Waals surface area contributed by atoms with Gasteiger partial charge in [0.1, 0.15) is 5.75 Å². The third kappa shape index (κ3) is 5.27. The number of amides is 2. The van der Waals surface area contributed by atoms with Gasteiger partial charge in [-0.25, -0.2) is 0 Å². The molecule has 20 heavy (non-hydrogen) atoms. The number of hydrogen-bond acceptors (Lipinski definition) is 4. The van der Waals surface area contributed by atoms with Crippen LogP contribution >= 0.6 is 0 Å². The summed E-state index contributed by atoms with van der Waals surface area (Å²) < 4.78 is 5.13. The van der Waals surface area contributed by atoms with E-state index in [9.17, 15) is 9.59 Å². The Morgan fingerprint density at radius 2 is 1.95 bits per heavy atom. The molecule has 0 aromatic heterocycles. The molecule has 1 aromatic carbocycles. The standard InChI is InChI=1S/C14H21N3O3/c1-2-3-10(8-15)14(19)17-11-4-6-12(7-5-11)20-9-13(16)18/h4-7,10H,2-3,8-9,15H2,1H3,(H2,16,18)(H,17,19). The molecule has 0 aliphatic rings. The van der Waals surface area contributed by atoms with E-state index in [-0.39, 0.29) is 18.4 Å². The Kier molecular flexibility index (Phi) is 6.52. The summed E-state index contributed by atoms with van der Waals surface area (Å²) in [5.74, 6) is -0.274. The smallest absolute Gasteiger partial charge is 0.255 e. The summed E-state index contributed by atoms with van der Waals surface area (Å²) in [4.78, 5) is 22.5. The van der Waals surface area contributed by atoms with Crippen LogP contribution in [0.5, 0.6) is 5.75 Å². The molecule has 5 N–H and O–H groups in total. The quantitative estimate of drug-likeness (QED) is 0.656. The number of nitrogens with one attached hydrogen (secondary N) is 1. The summed E-state index contributed by atoms with van der Waals surface area (Å²) in [6.07, 6.45) is 1.68. The van der Waals surface area contributed by atoms with Crippen LogP contribution in [0.4, 0.5) is 5.69 Å². The molecule has 0 spiro atoms. The van der Waals surface area contributed by atoms with Gasteiger partial charge in [0.15, 0.2) is 6.61 Å². The van der Waals surface area contributed by atoms with Crippen LogP contribution in [0.2, 0.25) is 0 Å². The lowest BCUT2D eigenvalue weighted by molar-refractivity contribution is -0.120. The third-order valence-electron chi connectivity index (χ3n) is 2.80. The maximum absolute atomic E-state index is 12.0. The van der Waals surface area contributed by atoms with Crippen LogP contribution in [0.1, 0.15) is 19.8 Å². The molecule has 0 aliphatic carbocycles. The zero-order chi connectivity index (χ0) is 15.0. The number of hydrogen-bond donors (Lipinski definition) is 3. The topological polar surface area (TPSA) is 107 Å². The lowest BCUT2D eigenvalue weighted by Gasteiger charge is -2.14. The zero-order valence-electron chi connectivity index (χ0n) is 11.6. The van der Waals surface area contributed by atoms with Crippen LogP contribution in [0.25, 0.3) is 0 Å². The molecule has 6 heteroatoms. The molecule has 1 rings (SSSR count). The van der Waals surface area contributed by atoms with Gasteiger partial charge in [-0.3, -0.25) is 9.59 Å². The Hall–Kier alpha value is -2.08. The van der Waals surface area contributed by atoms with Gasteiger partial charge in [0, 0.05) is 12.2 Å². The summed E-state index contributed by atoms with van der Waals surface area (Å²) in [5, 5.41) is 2.80. The number of carbonyl (C=O) groups excluding carboxylic acids is 2. The normalized spacial score (nSPS) is 11.7. The summed E-state index contributed by atoms with van der Waals surface area (Å²) in [6.45, 7) is 2.18. The van der Waals surface area contributed by atoms with Crippen LogP contribution in [-0.2, 0) is 9.59 Å². The second-order valence-corrected chi connectivity index (χ2v) is 4.49. The van der Waals surface area contributed by atoms with Crippen molar-refractivity contribution in [3.63, 3.8) is 0 Å². The van der Waals surface area contributed by atoms with Gasteiger partial charge < -0.3 is 21.5 Å². The van der Waals surface area contributed by atoms with Crippen LogP contribution in [-0.4, -0.2) is 25.0 Å². The predicted molar refractivity (Wildman–Crippen MR) is 77.2 cm³/mol. The monoisotopic (exact) mass is 279 g/mol. The fraction of sp³-hybridized carbons (Fsp3) is 0.429. The Labute approximate surface area is 118 Å². The molecule has 0 aliphatic heterocycles. The molecule has 6 nitrogen and oxygen atoms in total. The number of nitrogens with two attached hydrogens (primary N) is 2. The summed E-state index contributed by atoms with van der Waals surface area (Å²) in [5.41, 5.74) is 11.2. The molecule has 0 bridgehead atoms. The average molecular weight is 279 g/mol. The Morgan fingerprint density at radius 1 is 1.30 bits per heavy atom. The number of ether oxygens (including phenoxy) is 1. The van der Waals surface area contributed by atoms with Crippen LogP contribution in [0.15, 0.2) is 24.3 Å². The van der Waals surface area contributed by atoms with Gasteiger partial charge >= 0.3 is 0 Å². The third-order valence-corrected chi connectivity index (χ3v) is 2.80. The summed E-state index contributed by atoms with van der Waals surface area (Å²) in [6, 6.07) is 6.73. The van der Waals surface area contributed by atoms with E-state index in [1.807, 2.05) is 6.92 Å². The zero-order valence-corrected chi connectivity index (χ0v) is 11.6. The Morgan fingerprint density at radius 3 is 2.45 bits per heavy atom. The van der Waals surface area contributed by atoms with Crippen LogP contribution < -0.4 is 21.5 Å². The number of primary amides is 1. The molecule has 1 atom stereocenters. The predicted octanol–water partition coefficient (Wildman–Crippen LogP) is 0.864. The van der Waals surface area contributed by atoms with Crippen molar-refractivity contribution in [2.24, 2.45) is 17.4 Å². The van der Waals surface area contributed by atoms with Gasteiger partial charge in [-0.05, 0) is 30.7 Å². The van der Waals surface area contributed by atoms with Gasteiger partial charge in [0.25, 0.3) is 5.91 Å². The van der Waals surface area contributed by atoms with E-state index in [4.69, 9.17) is 16.2 Å². The maximum atomic E-state index is 12.0. The molecule has 0 radical (unpaired) electrons. The fourth-order valence-electron chi connectivity index (χ4n) is 1.74. The maximum Gasteiger partial charge on any atom is 0.255 e. The molecule has 110 valence electrons. The molecule has 1 aromatic rings. The highest BCUT2D eigenvalue weighted by Gasteiger charge is 2.15. The Bertz CT molecular complexity index is 445. The van der Waals surface area contributed by atoms with Crippen molar-refractivity contribution in [3.8, 4) is 5.75 Å². The van der Waals surface area contributed by atoms with E-state index in [0.717, 1.165) is 12.8 Å². The molecule has 0 saturated heterocycles. The van der Waals surface area contributed by atoms with E-state index in [2.05, 4.69) is 5.32 Å². The minimum atomic E-state index is -0.535. The molecule has 0 fully saturated rings. The van der Waals surface area contributed by atoms with Gasteiger partial charge in [-0.1, -0.05) is 13.3 Å². The first-order chi connectivity index (χ1) is 9.56. The van der Waals surface area contributed by atoms with E-state index >= 15 is 0 Å². The van der Waals surface area contributed by atoms with Crippen molar-refractivity contribution >= 4 is 17.5 Å². The van der Waals surface area contributed by atoms with Crippen molar-refractivity contribution in [1.29, 1.82) is 0 Å². The molecule has 1 unspecified atom stereocenters. The second kappa shape index (κ2) is 8.16. The highest BCUT2D eigenvalue weighted by molar-refractivity contribution is 5.92. The first kappa shape index (κ1) is 16.0. The molecular weight excluding hydrogens is 258 g/mol. The van der Waals surface area contributed by atoms with Crippen molar-refractivity contribution < 1.29 is 14.3 Å². The molecule has 0 saturated carbocycles. The summed E-state index contributed by atoms with van der Waals surface area (Å²) in [7, 11) is 0. The highest BCUT2D eigenvalue weighted by atomic mass is 16.5. The van der Waals surface area contributed by atoms with Gasteiger partial charge in [0.2, 0.25) is 5.91 Å². The van der Waals surface area contributed by atoms with Crippen LogP contribution in [0.3, 0.4) is 0 Å². The van der Waals surface area contributed by atoms with Gasteiger partial charge in [-0.2, -0.15) is 0 Å². The average Bonchev–Trinajstić information content (AvgIpc) is 2.43. The minimum Gasteiger partial charge on any atom is -0.484 e.